The molecular formula is C36H45F2N5O5. The van der Waals surface area contributed by atoms with Gasteiger partial charge in [0.25, 0.3) is 17.7 Å². The van der Waals surface area contributed by atoms with Crippen LogP contribution in [0.2, 0.25) is 0 Å². The lowest BCUT2D eigenvalue weighted by Gasteiger charge is -2.30. The molecule has 0 heterocycles. The molecule has 0 spiro atoms. The molecule has 0 saturated heterocycles. The monoisotopic (exact) mass is 665 g/mol. The van der Waals surface area contributed by atoms with Crippen LogP contribution in [0.1, 0.15) is 93.4 Å². The summed E-state index contributed by atoms with van der Waals surface area (Å²) in [6.07, 6.45) is 1.35. The van der Waals surface area contributed by atoms with E-state index in [4.69, 9.17) is 5.73 Å². The van der Waals surface area contributed by atoms with E-state index in [2.05, 4.69) is 10.7 Å². The summed E-state index contributed by atoms with van der Waals surface area (Å²) in [6.45, 7) is 7.01. The Morgan fingerprint density at radius 2 is 1.38 bits per heavy atom. The summed E-state index contributed by atoms with van der Waals surface area (Å²) in [4.78, 5) is 53.9. The number of aliphatic hydroxyl groups is 1. The maximum Gasteiger partial charge on any atom is 0.265 e. The van der Waals surface area contributed by atoms with Gasteiger partial charge in [0.15, 0.2) is 0 Å². The number of primary amides is 1. The number of nitrogens with two attached hydrogens (primary N) is 1. The highest BCUT2D eigenvalue weighted by atomic mass is 19.1. The van der Waals surface area contributed by atoms with E-state index in [-0.39, 0.29) is 41.1 Å². The summed E-state index contributed by atoms with van der Waals surface area (Å²) < 4.78 is 28.3. The van der Waals surface area contributed by atoms with Crippen molar-refractivity contribution in [2.75, 3.05) is 26.2 Å². The fourth-order valence-electron chi connectivity index (χ4n) is 5.27. The molecule has 2 atom stereocenters. The van der Waals surface area contributed by atoms with Crippen molar-refractivity contribution in [1.29, 1.82) is 0 Å². The van der Waals surface area contributed by atoms with Crippen molar-refractivity contribution >= 4 is 23.6 Å². The molecule has 0 saturated carbocycles. The SMILES string of the molecule is CCCCN(CC(O)C(Cc1cc(F)cc(F)c1)NC(=O)c1cc(C(N)=O)cc(C(=O)N(CCC)CCC)c1)NC(=O)c1ccccc1. The van der Waals surface area contributed by atoms with E-state index in [1.807, 2.05) is 20.8 Å². The third kappa shape index (κ3) is 11.2. The zero-order chi connectivity index (χ0) is 35.2. The fraction of sp³-hybridized carbons (Fsp3) is 0.389. The van der Waals surface area contributed by atoms with Crippen LogP contribution in [-0.4, -0.2) is 77.0 Å². The number of aliphatic hydroxyl groups excluding tert-OH is 1. The van der Waals surface area contributed by atoms with Gasteiger partial charge in [-0.2, -0.15) is 0 Å². The molecule has 12 heteroatoms. The van der Waals surface area contributed by atoms with Crippen molar-refractivity contribution in [2.45, 2.75) is 65.0 Å². The molecule has 3 aromatic rings. The second-order valence-corrected chi connectivity index (χ2v) is 11.7. The molecule has 10 nitrogen and oxygen atoms in total. The van der Waals surface area contributed by atoms with Crippen LogP contribution in [0.15, 0.2) is 66.7 Å². The summed E-state index contributed by atoms with van der Waals surface area (Å²) in [5.41, 5.74) is 8.90. The molecule has 0 aromatic heterocycles. The Labute approximate surface area is 280 Å². The highest BCUT2D eigenvalue weighted by molar-refractivity contribution is 6.04. The molecule has 0 aliphatic rings. The topological polar surface area (TPSA) is 145 Å². The van der Waals surface area contributed by atoms with Gasteiger partial charge in [-0.15, -0.1) is 0 Å². The normalized spacial score (nSPS) is 12.3. The number of nitrogens with zero attached hydrogens (tertiary/aromatic N) is 2. The minimum Gasteiger partial charge on any atom is -0.390 e. The first-order chi connectivity index (χ1) is 22.9. The van der Waals surface area contributed by atoms with Crippen molar-refractivity contribution in [3.05, 3.63) is 106 Å². The van der Waals surface area contributed by atoms with Crippen molar-refractivity contribution in [3.63, 3.8) is 0 Å². The summed E-state index contributed by atoms with van der Waals surface area (Å²) in [7, 11) is 0. The van der Waals surface area contributed by atoms with E-state index in [0.717, 1.165) is 18.6 Å². The third-order valence-corrected chi connectivity index (χ3v) is 7.64. The first kappa shape index (κ1) is 37.8. The van der Waals surface area contributed by atoms with Gasteiger partial charge in [0.2, 0.25) is 5.91 Å². The lowest BCUT2D eigenvalue weighted by atomic mass is 9.99. The Morgan fingerprint density at radius 1 is 0.771 bits per heavy atom. The minimum atomic E-state index is -1.35. The molecule has 2 unspecified atom stereocenters. The average Bonchev–Trinajstić information content (AvgIpc) is 3.06. The van der Waals surface area contributed by atoms with Gasteiger partial charge in [-0.1, -0.05) is 45.4 Å². The fourth-order valence-corrected chi connectivity index (χ4v) is 5.27. The second-order valence-electron chi connectivity index (χ2n) is 11.7. The van der Waals surface area contributed by atoms with Crippen molar-refractivity contribution in [2.24, 2.45) is 5.73 Å². The molecule has 5 N–H and O–H groups in total. The zero-order valence-corrected chi connectivity index (χ0v) is 27.7. The quantitative estimate of drug-likeness (QED) is 0.148. The second kappa shape index (κ2) is 18.6. The average molecular weight is 666 g/mol. The smallest absolute Gasteiger partial charge is 0.265 e. The van der Waals surface area contributed by atoms with Gasteiger partial charge in [0, 0.05) is 54.5 Å². The van der Waals surface area contributed by atoms with Crippen LogP contribution in [0, 0.1) is 11.6 Å². The van der Waals surface area contributed by atoms with E-state index in [1.165, 1.54) is 23.2 Å². The third-order valence-electron chi connectivity index (χ3n) is 7.64. The molecule has 3 rings (SSSR count). The first-order valence-electron chi connectivity index (χ1n) is 16.2. The standard InChI is InChI=1S/C36H45F2N5O5/c1-4-7-15-43(41-35(47)25-11-9-8-10-12-25)23-32(44)31(18-24-16-29(37)22-30(38)17-24)40-34(46)27-19-26(33(39)45)20-28(21-27)36(48)42(13-5-2)14-6-3/h8-12,16-17,19-22,31-32,44H,4-7,13-15,18,23H2,1-3H3,(H2,39,45)(H,40,46)(H,41,47). The molecule has 4 amide bonds. The number of hydrogen-bond donors (Lipinski definition) is 4. The largest absolute Gasteiger partial charge is 0.390 e. The molecule has 258 valence electrons. The molecule has 0 aliphatic carbocycles. The number of nitrogens with one attached hydrogen (secondary N) is 2. The van der Waals surface area contributed by atoms with Gasteiger partial charge >= 0.3 is 0 Å². The molecule has 48 heavy (non-hydrogen) atoms. The van der Waals surface area contributed by atoms with Crippen LogP contribution >= 0.6 is 0 Å². The van der Waals surface area contributed by atoms with E-state index in [0.29, 0.717) is 50.5 Å². The molecule has 0 bridgehead atoms. The minimum absolute atomic E-state index is 0.0578. The van der Waals surface area contributed by atoms with E-state index in [1.54, 1.807) is 35.2 Å². The predicted molar refractivity (Wildman–Crippen MR) is 179 cm³/mol. The van der Waals surface area contributed by atoms with Gasteiger partial charge < -0.3 is 21.1 Å². The van der Waals surface area contributed by atoms with Crippen LogP contribution < -0.4 is 16.5 Å². The maximum atomic E-state index is 14.2. The van der Waals surface area contributed by atoms with E-state index >= 15 is 0 Å². The van der Waals surface area contributed by atoms with Crippen LogP contribution in [0.25, 0.3) is 0 Å². The van der Waals surface area contributed by atoms with E-state index in [9.17, 15) is 33.1 Å². The van der Waals surface area contributed by atoms with E-state index < -0.39 is 41.5 Å². The van der Waals surface area contributed by atoms with Gasteiger partial charge in [-0.05, 0) is 73.7 Å². The van der Waals surface area contributed by atoms with Gasteiger partial charge in [-0.3, -0.25) is 24.6 Å². The highest BCUT2D eigenvalue weighted by Gasteiger charge is 2.27. The Balaban J connectivity index is 1.95. The number of rotatable bonds is 18. The summed E-state index contributed by atoms with van der Waals surface area (Å²) in [6, 6.07) is 14.2. The molecule has 3 aromatic carbocycles. The van der Waals surface area contributed by atoms with Crippen LogP contribution in [0.5, 0.6) is 0 Å². The lowest BCUT2D eigenvalue weighted by molar-refractivity contribution is 0.0446. The zero-order valence-electron chi connectivity index (χ0n) is 27.7. The van der Waals surface area contributed by atoms with Gasteiger partial charge in [0.05, 0.1) is 12.1 Å². The summed E-state index contributed by atoms with van der Waals surface area (Å²) >= 11 is 0. The Kier molecular flexibility index (Phi) is 14.6. The summed E-state index contributed by atoms with van der Waals surface area (Å²) in [5.74, 6) is -4.02. The Hall–Kier alpha value is -4.68. The van der Waals surface area contributed by atoms with Gasteiger partial charge in [-0.25, -0.2) is 13.8 Å². The van der Waals surface area contributed by atoms with Crippen molar-refractivity contribution in [3.8, 4) is 0 Å². The van der Waals surface area contributed by atoms with Crippen LogP contribution in [-0.2, 0) is 6.42 Å². The Bertz CT molecular complexity index is 1530. The number of unbranched alkanes of at least 4 members (excludes halogenated alkanes) is 1. The van der Waals surface area contributed by atoms with Crippen LogP contribution in [0.3, 0.4) is 0 Å². The first-order valence-corrected chi connectivity index (χ1v) is 16.2. The number of amides is 4. The molecular weight excluding hydrogens is 620 g/mol. The number of benzene rings is 3. The molecule has 0 aliphatic heterocycles. The number of carbonyl (C=O) groups excluding carboxylic acids is 4. The number of halogens is 2. The summed E-state index contributed by atoms with van der Waals surface area (Å²) in [5, 5.41) is 15.8. The predicted octanol–water partition coefficient (Wildman–Crippen LogP) is 4.48. The van der Waals surface area contributed by atoms with Gasteiger partial charge in [0.1, 0.15) is 11.6 Å². The molecule has 0 radical (unpaired) electrons. The molecule has 0 fully saturated rings. The lowest BCUT2D eigenvalue weighted by Crippen LogP contribution is -2.53. The Morgan fingerprint density at radius 3 is 1.96 bits per heavy atom. The highest BCUT2D eigenvalue weighted by Crippen LogP contribution is 2.17. The number of hydrogen-bond acceptors (Lipinski definition) is 6. The van der Waals surface area contributed by atoms with Crippen molar-refractivity contribution in [1.82, 2.24) is 20.7 Å². The van der Waals surface area contributed by atoms with Crippen molar-refractivity contribution < 1.29 is 33.1 Å². The van der Waals surface area contributed by atoms with Crippen LogP contribution in [0.4, 0.5) is 8.78 Å². The maximum absolute atomic E-state index is 14.2. The number of carbonyl (C=O) groups is 4. The number of hydrazine groups is 1.